The maximum atomic E-state index is 13.1. The quantitative estimate of drug-likeness (QED) is 0.520. The van der Waals surface area contributed by atoms with Crippen molar-refractivity contribution in [3.05, 3.63) is 56.5 Å². The van der Waals surface area contributed by atoms with Gasteiger partial charge in [-0.2, -0.15) is 4.98 Å². The Kier molecular flexibility index (Phi) is 4.18. The van der Waals surface area contributed by atoms with Crippen molar-refractivity contribution in [2.45, 2.75) is 27.3 Å². The number of nitrogens with zero attached hydrogens (tertiary/aromatic N) is 5. The lowest BCUT2D eigenvalue weighted by atomic mass is 10.2. The lowest BCUT2D eigenvalue weighted by Gasteiger charge is -2.11. The molecule has 4 aromatic rings. The summed E-state index contributed by atoms with van der Waals surface area (Å²) in [6.45, 7) is 4.88. The second kappa shape index (κ2) is 6.47. The van der Waals surface area contributed by atoms with E-state index in [4.69, 9.17) is 4.74 Å². The largest absolute Gasteiger partial charge is 0.495 e. The fraction of sp³-hybridized carbons (Fsp3) is 0.300. The summed E-state index contributed by atoms with van der Waals surface area (Å²) in [6.07, 6.45) is 0. The van der Waals surface area contributed by atoms with Gasteiger partial charge in [-0.3, -0.25) is 27.7 Å². The second-order valence-corrected chi connectivity index (χ2v) is 7.03. The van der Waals surface area contributed by atoms with Gasteiger partial charge >= 0.3 is 5.69 Å². The summed E-state index contributed by atoms with van der Waals surface area (Å²) >= 11 is 0. The van der Waals surface area contributed by atoms with Crippen LogP contribution in [0.25, 0.3) is 22.6 Å². The predicted molar refractivity (Wildman–Crippen MR) is 108 cm³/mol. The smallest absolute Gasteiger partial charge is 0.332 e. The van der Waals surface area contributed by atoms with E-state index in [0.717, 1.165) is 21.6 Å². The Morgan fingerprint density at radius 1 is 1.14 bits per heavy atom. The molecule has 0 N–H and O–H groups in total. The lowest BCUT2D eigenvalue weighted by molar-refractivity contribution is -0.117. The molecule has 0 saturated carbocycles. The molecule has 9 nitrogen and oxygen atoms in total. The van der Waals surface area contributed by atoms with Crippen LogP contribution < -0.4 is 16.0 Å². The number of fused-ring (bicyclic) bond motifs is 3. The van der Waals surface area contributed by atoms with Crippen molar-refractivity contribution in [1.29, 1.82) is 0 Å². The second-order valence-electron chi connectivity index (χ2n) is 7.03. The number of methoxy groups -OCH3 is 1. The zero-order valence-corrected chi connectivity index (χ0v) is 16.9. The maximum absolute atomic E-state index is 13.1. The molecule has 0 bridgehead atoms. The number of hydrogen-bond acceptors (Lipinski definition) is 5. The Morgan fingerprint density at radius 3 is 2.48 bits per heavy atom. The normalized spacial score (nSPS) is 11.5. The summed E-state index contributed by atoms with van der Waals surface area (Å²) < 4.78 is 11.4. The van der Waals surface area contributed by atoms with Gasteiger partial charge in [-0.05, 0) is 32.9 Å². The number of ether oxygens (including phenoxy) is 1. The Hall–Kier alpha value is -3.62. The number of ketones is 1. The lowest BCUT2D eigenvalue weighted by Crippen LogP contribution is -2.40. The molecule has 0 radical (unpaired) electrons. The van der Waals surface area contributed by atoms with E-state index in [9.17, 15) is 14.4 Å². The van der Waals surface area contributed by atoms with Gasteiger partial charge in [-0.1, -0.05) is 12.1 Å². The molecule has 1 aromatic carbocycles. The van der Waals surface area contributed by atoms with Crippen LogP contribution in [0, 0.1) is 13.8 Å². The summed E-state index contributed by atoms with van der Waals surface area (Å²) in [5.41, 5.74) is 1.88. The first-order chi connectivity index (χ1) is 13.8. The molecule has 0 aliphatic heterocycles. The van der Waals surface area contributed by atoms with Crippen molar-refractivity contribution in [3.63, 3.8) is 0 Å². The molecular weight excluding hydrogens is 374 g/mol. The van der Waals surface area contributed by atoms with E-state index < -0.39 is 11.2 Å². The minimum Gasteiger partial charge on any atom is -0.495 e. The summed E-state index contributed by atoms with van der Waals surface area (Å²) in [6, 6.07) is 7.51. The van der Waals surface area contributed by atoms with Crippen LogP contribution >= 0.6 is 0 Å². The van der Waals surface area contributed by atoms with Crippen LogP contribution in [0.4, 0.5) is 0 Å². The number of carbonyl (C=O) groups excluding carboxylic acids is 1. The SMILES string of the molecule is COc1ccccc1-n1c(C)c(C)n2c3c(=O)n(CC(C)=O)c(=O)n(C)c3nc12. The summed E-state index contributed by atoms with van der Waals surface area (Å²) in [4.78, 5) is 42.0. The van der Waals surface area contributed by atoms with E-state index in [-0.39, 0.29) is 23.5 Å². The third-order valence-corrected chi connectivity index (χ3v) is 5.23. The molecule has 0 amide bonds. The zero-order chi connectivity index (χ0) is 21.0. The fourth-order valence-corrected chi connectivity index (χ4v) is 3.72. The third-order valence-electron chi connectivity index (χ3n) is 5.23. The van der Waals surface area contributed by atoms with Gasteiger partial charge in [-0.15, -0.1) is 0 Å². The molecule has 4 rings (SSSR count). The van der Waals surface area contributed by atoms with E-state index in [1.165, 1.54) is 11.5 Å². The van der Waals surface area contributed by atoms with Crippen LogP contribution in [0.3, 0.4) is 0 Å². The van der Waals surface area contributed by atoms with Crippen LogP contribution in [-0.2, 0) is 18.4 Å². The van der Waals surface area contributed by atoms with Crippen molar-refractivity contribution in [2.75, 3.05) is 7.11 Å². The van der Waals surface area contributed by atoms with Gasteiger partial charge in [0, 0.05) is 18.4 Å². The molecule has 0 aliphatic carbocycles. The highest BCUT2D eigenvalue weighted by Gasteiger charge is 2.24. The Labute approximate surface area is 165 Å². The Morgan fingerprint density at radius 2 is 1.83 bits per heavy atom. The van der Waals surface area contributed by atoms with E-state index in [1.54, 1.807) is 18.6 Å². The van der Waals surface area contributed by atoms with Crippen molar-refractivity contribution in [3.8, 4) is 11.4 Å². The van der Waals surface area contributed by atoms with Gasteiger partial charge in [0.2, 0.25) is 5.78 Å². The number of para-hydroxylation sites is 2. The molecule has 0 saturated heterocycles. The van der Waals surface area contributed by atoms with Crippen LogP contribution in [0.15, 0.2) is 33.9 Å². The monoisotopic (exact) mass is 395 g/mol. The van der Waals surface area contributed by atoms with Crippen molar-refractivity contribution < 1.29 is 9.53 Å². The molecule has 0 fully saturated rings. The third kappa shape index (κ3) is 2.54. The highest BCUT2D eigenvalue weighted by atomic mass is 16.5. The van der Waals surface area contributed by atoms with E-state index in [1.807, 2.05) is 42.7 Å². The molecule has 150 valence electrons. The topological polar surface area (TPSA) is 92.5 Å². The number of Topliss-reactive ketones (excluding diaryl/α,β-unsaturated/α-hetero) is 1. The van der Waals surface area contributed by atoms with E-state index in [2.05, 4.69) is 4.98 Å². The van der Waals surface area contributed by atoms with Crippen LogP contribution in [0.5, 0.6) is 5.75 Å². The number of hydrogen-bond donors (Lipinski definition) is 0. The Bertz CT molecular complexity index is 1420. The van der Waals surface area contributed by atoms with E-state index >= 15 is 0 Å². The number of rotatable bonds is 4. The average Bonchev–Trinajstić information content (AvgIpc) is 3.19. The van der Waals surface area contributed by atoms with Gasteiger partial charge in [-0.25, -0.2) is 4.79 Å². The number of carbonyl (C=O) groups is 1. The van der Waals surface area contributed by atoms with Gasteiger partial charge in [0.1, 0.15) is 11.5 Å². The van der Waals surface area contributed by atoms with Gasteiger partial charge in [0.05, 0.1) is 19.3 Å². The summed E-state index contributed by atoms with van der Waals surface area (Å²) in [7, 11) is 3.14. The van der Waals surface area contributed by atoms with Crippen molar-refractivity contribution in [1.82, 2.24) is 23.1 Å². The summed E-state index contributed by atoms with van der Waals surface area (Å²) in [5, 5.41) is 0. The minimum atomic E-state index is -0.573. The molecule has 0 atom stereocenters. The number of aryl methyl sites for hydroxylation is 2. The highest BCUT2D eigenvalue weighted by Crippen LogP contribution is 2.29. The Balaban J connectivity index is 2.20. The molecule has 9 heteroatoms. The molecule has 0 aliphatic rings. The fourth-order valence-electron chi connectivity index (χ4n) is 3.72. The molecule has 3 aromatic heterocycles. The first-order valence-corrected chi connectivity index (χ1v) is 9.10. The zero-order valence-electron chi connectivity index (χ0n) is 16.9. The first-order valence-electron chi connectivity index (χ1n) is 9.10. The highest BCUT2D eigenvalue weighted by molar-refractivity contribution is 5.79. The summed E-state index contributed by atoms with van der Waals surface area (Å²) in [5.74, 6) is 0.874. The first kappa shape index (κ1) is 18.7. The van der Waals surface area contributed by atoms with Crippen molar-refractivity contribution >= 4 is 22.7 Å². The average molecular weight is 395 g/mol. The number of imidazole rings is 2. The standard InChI is InChI=1S/C20H21N5O4/c1-11(26)10-23-18(27)16-17(22(4)20(23)28)21-19-24(12(2)13(3)25(16)19)14-8-6-7-9-15(14)29-5/h6-9H,10H2,1-5H3. The molecular formula is C20H21N5O4. The van der Waals surface area contributed by atoms with Crippen molar-refractivity contribution in [2.24, 2.45) is 7.05 Å². The minimum absolute atomic E-state index is 0.262. The maximum Gasteiger partial charge on any atom is 0.332 e. The molecule has 0 unspecified atom stereocenters. The van der Waals surface area contributed by atoms with Crippen LogP contribution in [0.2, 0.25) is 0 Å². The molecule has 0 spiro atoms. The van der Waals surface area contributed by atoms with Gasteiger partial charge in [0.15, 0.2) is 11.2 Å². The van der Waals surface area contributed by atoms with Gasteiger partial charge < -0.3 is 4.74 Å². The number of benzene rings is 1. The van der Waals surface area contributed by atoms with Crippen LogP contribution in [0.1, 0.15) is 18.3 Å². The molecule has 29 heavy (non-hydrogen) atoms. The van der Waals surface area contributed by atoms with E-state index in [0.29, 0.717) is 11.5 Å². The number of aromatic nitrogens is 5. The molecule has 3 heterocycles. The van der Waals surface area contributed by atoms with Crippen LogP contribution in [-0.4, -0.2) is 36.0 Å². The predicted octanol–water partition coefficient (Wildman–Crippen LogP) is 1.35. The van der Waals surface area contributed by atoms with Gasteiger partial charge in [0.25, 0.3) is 5.56 Å².